The third-order valence-electron chi connectivity index (χ3n) is 4.53. The Kier molecular flexibility index (Phi) is 12.5. The molecule has 0 aromatic heterocycles. The van der Waals surface area contributed by atoms with Crippen LogP contribution in [-0.2, 0) is 4.79 Å². The van der Waals surface area contributed by atoms with Crippen molar-refractivity contribution in [2.24, 2.45) is 11.0 Å². The third-order valence-corrected chi connectivity index (χ3v) is 4.53. The number of carbonyl (C=O) groups excluding carboxylic acids is 1. The Bertz CT molecular complexity index is 508. The zero-order chi connectivity index (χ0) is 19.0. The summed E-state index contributed by atoms with van der Waals surface area (Å²) in [7, 11) is 0. The number of benzene rings is 1. The highest BCUT2D eigenvalue weighted by Gasteiger charge is 2.07. The predicted molar refractivity (Wildman–Crippen MR) is 112 cm³/mol. The molecule has 1 N–H and O–H groups in total. The van der Waals surface area contributed by atoms with Crippen LogP contribution in [0.15, 0.2) is 35.4 Å². The summed E-state index contributed by atoms with van der Waals surface area (Å²) in [5, 5.41) is 4.41. The Balaban J connectivity index is 2.24. The molecule has 0 unspecified atom stereocenters. The van der Waals surface area contributed by atoms with Gasteiger partial charge in [0.15, 0.2) is 0 Å². The van der Waals surface area contributed by atoms with Crippen molar-refractivity contribution in [2.45, 2.75) is 91.4 Å². The molecule has 0 aliphatic heterocycles. The van der Waals surface area contributed by atoms with Crippen molar-refractivity contribution in [2.75, 3.05) is 0 Å². The topological polar surface area (TPSA) is 41.5 Å². The van der Waals surface area contributed by atoms with E-state index in [0.717, 1.165) is 30.5 Å². The molecule has 0 fully saturated rings. The number of hydrazone groups is 1. The van der Waals surface area contributed by atoms with E-state index in [1.54, 1.807) is 0 Å². The SMILES string of the molecule is CCCCCCCCCCCC(=O)N/N=C(\CC(C)C)c1ccccc1. The second-order valence-electron chi connectivity index (χ2n) is 7.64. The lowest BCUT2D eigenvalue weighted by Crippen LogP contribution is -2.20. The van der Waals surface area contributed by atoms with Crippen LogP contribution in [0.3, 0.4) is 0 Å². The van der Waals surface area contributed by atoms with E-state index in [1.807, 2.05) is 30.3 Å². The highest BCUT2D eigenvalue weighted by Crippen LogP contribution is 2.11. The molecule has 3 heteroatoms. The fourth-order valence-corrected chi connectivity index (χ4v) is 3.03. The number of nitrogens with zero attached hydrogens (tertiary/aromatic N) is 1. The van der Waals surface area contributed by atoms with Gasteiger partial charge in [-0.25, -0.2) is 5.43 Å². The normalized spacial score (nSPS) is 11.8. The van der Waals surface area contributed by atoms with Gasteiger partial charge in [0.05, 0.1) is 5.71 Å². The first-order valence-corrected chi connectivity index (χ1v) is 10.5. The van der Waals surface area contributed by atoms with Crippen molar-refractivity contribution < 1.29 is 4.79 Å². The van der Waals surface area contributed by atoms with Crippen LogP contribution >= 0.6 is 0 Å². The zero-order valence-electron chi connectivity index (χ0n) is 17.1. The molecule has 1 rings (SSSR count). The number of amides is 1. The Morgan fingerprint density at radius 3 is 2.08 bits per heavy atom. The number of nitrogens with one attached hydrogen (secondary N) is 1. The molecule has 1 amide bonds. The van der Waals surface area contributed by atoms with Gasteiger partial charge in [0.25, 0.3) is 0 Å². The highest BCUT2D eigenvalue weighted by molar-refractivity contribution is 6.01. The zero-order valence-corrected chi connectivity index (χ0v) is 17.1. The molecule has 0 spiro atoms. The molecule has 0 saturated heterocycles. The molecule has 0 aliphatic rings. The average Bonchev–Trinajstić information content (AvgIpc) is 2.64. The first-order valence-electron chi connectivity index (χ1n) is 10.5. The molecular formula is C23H38N2O. The minimum Gasteiger partial charge on any atom is -0.273 e. The van der Waals surface area contributed by atoms with E-state index in [9.17, 15) is 4.79 Å². The molecule has 0 bridgehead atoms. The molecule has 1 aromatic rings. The Morgan fingerprint density at radius 2 is 1.50 bits per heavy atom. The van der Waals surface area contributed by atoms with Crippen molar-refractivity contribution >= 4 is 11.6 Å². The van der Waals surface area contributed by atoms with Crippen LogP contribution < -0.4 is 5.43 Å². The van der Waals surface area contributed by atoms with E-state index < -0.39 is 0 Å². The number of rotatable bonds is 14. The lowest BCUT2D eigenvalue weighted by atomic mass is 10.0. The van der Waals surface area contributed by atoms with Crippen molar-refractivity contribution in [3.05, 3.63) is 35.9 Å². The van der Waals surface area contributed by atoms with Crippen molar-refractivity contribution in [1.82, 2.24) is 5.43 Å². The minimum absolute atomic E-state index is 0.0325. The Hall–Kier alpha value is -1.64. The summed E-state index contributed by atoms with van der Waals surface area (Å²) in [4.78, 5) is 12.1. The quantitative estimate of drug-likeness (QED) is 0.231. The van der Waals surface area contributed by atoms with Crippen LogP contribution in [0.1, 0.15) is 97.0 Å². The maximum atomic E-state index is 12.1. The lowest BCUT2D eigenvalue weighted by Gasteiger charge is -2.10. The first-order chi connectivity index (χ1) is 12.6. The molecule has 0 saturated carbocycles. The number of unbranched alkanes of at least 4 members (excludes halogenated alkanes) is 8. The summed E-state index contributed by atoms with van der Waals surface area (Å²) >= 11 is 0. The molecule has 0 radical (unpaired) electrons. The van der Waals surface area contributed by atoms with Gasteiger partial charge in [-0.15, -0.1) is 0 Å². The van der Waals surface area contributed by atoms with Gasteiger partial charge in [0.1, 0.15) is 0 Å². The van der Waals surface area contributed by atoms with Gasteiger partial charge >= 0.3 is 0 Å². The van der Waals surface area contributed by atoms with Crippen molar-refractivity contribution in [3.63, 3.8) is 0 Å². The second-order valence-corrected chi connectivity index (χ2v) is 7.64. The number of hydrogen-bond acceptors (Lipinski definition) is 2. The van der Waals surface area contributed by atoms with Crippen LogP contribution in [0.2, 0.25) is 0 Å². The number of carbonyl (C=O) groups is 1. The summed E-state index contributed by atoms with van der Waals surface area (Å²) in [5.41, 5.74) is 4.81. The summed E-state index contributed by atoms with van der Waals surface area (Å²) in [6.07, 6.45) is 12.8. The lowest BCUT2D eigenvalue weighted by molar-refractivity contribution is -0.121. The van der Waals surface area contributed by atoms with Gasteiger partial charge in [-0.3, -0.25) is 4.79 Å². The Morgan fingerprint density at radius 1 is 0.923 bits per heavy atom. The van der Waals surface area contributed by atoms with E-state index in [4.69, 9.17) is 0 Å². The Labute approximate surface area is 160 Å². The maximum absolute atomic E-state index is 12.1. The molecule has 0 aliphatic carbocycles. The van der Waals surface area contributed by atoms with Crippen molar-refractivity contribution in [1.29, 1.82) is 0 Å². The molecule has 26 heavy (non-hydrogen) atoms. The molecule has 0 heterocycles. The molecule has 3 nitrogen and oxygen atoms in total. The van der Waals surface area contributed by atoms with Crippen LogP contribution in [0.5, 0.6) is 0 Å². The standard InChI is InChI=1S/C23H38N2O/c1-4-5-6-7-8-9-10-11-15-18-23(26)25-24-22(19-20(2)3)21-16-13-12-14-17-21/h12-14,16-17,20H,4-11,15,18-19H2,1-3H3,(H,25,26)/b24-22+. The largest absolute Gasteiger partial charge is 0.273 e. The van der Waals surface area contributed by atoms with E-state index in [1.165, 1.54) is 44.9 Å². The monoisotopic (exact) mass is 358 g/mol. The van der Waals surface area contributed by atoms with Gasteiger partial charge < -0.3 is 0 Å². The molecule has 0 atom stereocenters. The fourth-order valence-electron chi connectivity index (χ4n) is 3.03. The second kappa shape index (κ2) is 14.5. The van der Waals surface area contributed by atoms with Crippen LogP contribution in [-0.4, -0.2) is 11.6 Å². The van der Waals surface area contributed by atoms with E-state index >= 15 is 0 Å². The molecule has 1 aromatic carbocycles. The van der Waals surface area contributed by atoms with Crippen LogP contribution in [0, 0.1) is 5.92 Å². The van der Waals surface area contributed by atoms with Gasteiger partial charge in [-0.2, -0.15) is 5.10 Å². The molecular weight excluding hydrogens is 320 g/mol. The number of hydrogen-bond donors (Lipinski definition) is 1. The minimum atomic E-state index is 0.0325. The summed E-state index contributed by atoms with van der Waals surface area (Å²) in [6.45, 7) is 6.59. The highest BCUT2D eigenvalue weighted by atomic mass is 16.2. The predicted octanol–water partition coefficient (Wildman–Crippen LogP) is 6.47. The van der Waals surface area contributed by atoms with Crippen LogP contribution in [0.4, 0.5) is 0 Å². The summed E-state index contributed by atoms with van der Waals surface area (Å²) in [6, 6.07) is 10.1. The van der Waals surface area contributed by atoms with E-state index in [-0.39, 0.29) is 5.91 Å². The van der Waals surface area contributed by atoms with E-state index in [0.29, 0.717) is 12.3 Å². The first kappa shape index (κ1) is 22.4. The van der Waals surface area contributed by atoms with Gasteiger partial charge in [0.2, 0.25) is 5.91 Å². The summed E-state index contributed by atoms with van der Waals surface area (Å²) in [5.74, 6) is 0.535. The smallest absolute Gasteiger partial charge is 0.240 e. The molecule has 146 valence electrons. The summed E-state index contributed by atoms with van der Waals surface area (Å²) < 4.78 is 0. The third kappa shape index (κ3) is 11.1. The van der Waals surface area contributed by atoms with Gasteiger partial charge in [-0.05, 0) is 24.3 Å². The van der Waals surface area contributed by atoms with Gasteiger partial charge in [-0.1, -0.05) is 102 Å². The van der Waals surface area contributed by atoms with E-state index in [2.05, 4.69) is 31.3 Å². The maximum Gasteiger partial charge on any atom is 0.240 e. The van der Waals surface area contributed by atoms with Gasteiger partial charge in [0, 0.05) is 6.42 Å². The van der Waals surface area contributed by atoms with Crippen LogP contribution in [0.25, 0.3) is 0 Å². The van der Waals surface area contributed by atoms with Crippen molar-refractivity contribution in [3.8, 4) is 0 Å². The fraction of sp³-hybridized carbons (Fsp3) is 0.652. The average molecular weight is 359 g/mol.